The number of carbonyl (C=O) groups excluding carboxylic acids is 1. The molecule has 1 aromatic carbocycles. The zero-order valence-electron chi connectivity index (χ0n) is 13.3. The average Bonchev–Trinajstić information content (AvgIpc) is 2.61. The summed E-state index contributed by atoms with van der Waals surface area (Å²) >= 11 is 0. The molecule has 2 aromatic rings. The van der Waals surface area contributed by atoms with E-state index in [1.807, 2.05) is 30.3 Å². The van der Waals surface area contributed by atoms with E-state index < -0.39 is 17.8 Å². The number of methoxy groups -OCH3 is 1. The lowest BCUT2D eigenvalue weighted by molar-refractivity contribution is -0.136. The third-order valence-corrected chi connectivity index (χ3v) is 3.74. The monoisotopic (exact) mass is 325 g/mol. The number of nitrogens with zero attached hydrogens (tertiary/aromatic N) is 2. The van der Waals surface area contributed by atoms with Crippen molar-refractivity contribution >= 4 is 11.8 Å². The van der Waals surface area contributed by atoms with Gasteiger partial charge in [-0.15, -0.1) is 0 Å². The second-order valence-electron chi connectivity index (χ2n) is 5.28. The number of benzene rings is 1. The molecule has 1 aliphatic heterocycles. The van der Waals surface area contributed by atoms with E-state index in [4.69, 9.17) is 4.74 Å². The Morgan fingerprint density at radius 1 is 1.21 bits per heavy atom. The molecule has 0 aliphatic carbocycles. The van der Waals surface area contributed by atoms with Crippen molar-refractivity contribution in [3.05, 3.63) is 77.0 Å². The second-order valence-corrected chi connectivity index (χ2v) is 5.28. The molecule has 6 heteroatoms. The standard InChI is InChI=1S/C18H16FN3O2/c1-11-14(18(23)24-2)15(12-7-4-3-5-8-12)22-17(21-11)16-13(19)9-6-10-20-16/h3-10,15H,1-2H3,(H,21,22). The number of allylic oxidation sites excluding steroid dienone is 1. The number of pyridine rings is 1. The van der Waals surface area contributed by atoms with Crippen LogP contribution in [-0.4, -0.2) is 23.9 Å². The van der Waals surface area contributed by atoms with Crippen LogP contribution in [0.25, 0.3) is 0 Å². The number of halogens is 1. The summed E-state index contributed by atoms with van der Waals surface area (Å²) in [5.74, 6) is -0.671. The Bertz CT molecular complexity index is 831. The van der Waals surface area contributed by atoms with Crippen LogP contribution in [0.15, 0.2) is 64.9 Å². The Balaban J connectivity index is 2.12. The summed E-state index contributed by atoms with van der Waals surface area (Å²) in [6.07, 6.45) is 1.50. The maximum absolute atomic E-state index is 14.1. The summed E-state index contributed by atoms with van der Waals surface area (Å²) < 4.78 is 18.9. The molecule has 0 amide bonds. The van der Waals surface area contributed by atoms with Crippen LogP contribution < -0.4 is 5.32 Å². The van der Waals surface area contributed by atoms with Crippen molar-refractivity contribution in [2.24, 2.45) is 4.99 Å². The number of aliphatic imine (C=N–C) groups is 1. The second kappa shape index (κ2) is 6.62. The summed E-state index contributed by atoms with van der Waals surface area (Å²) in [6.45, 7) is 1.73. The highest BCUT2D eigenvalue weighted by Crippen LogP contribution is 2.32. The van der Waals surface area contributed by atoms with E-state index in [-0.39, 0.29) is 11.5 Å². The van der Waals surface area contributed by atoms with Gasteiger partial charge >= 0.3 is 5.97 Å². The smallest absolute Gasteiger partial charge is 0.338 e. The molecular formula is C18H16FN3O2. The van der Waals surface area contributed by atoms with Crippen molar-refractivity contribution in [3.63, 3.8) is 0 Å². The molecule has 3 rings (SSSR count). The first-order valence-electron chi connectivity index (χ1n) is 7.41. The molecule has 2 heterocycles. The zero-order valence-corrected chi connectivity index (χ0v) is 13.3. The summed E-state index contributed by atoms with van der Waals surface area (Å²) in [6, 6.07) is 11.6. The molecule has 0 spiro atoms. The fraction of sp³-hybridized carbons (Fsp3) is 0.167. The van der Waals surface area contributed by atoms with Crippen molar-refractivity contribution in [2.45, 2.75) is 13.0 Å². The van der Waals surface area contributed by atoms with Crippen molar-refractivity contribution in [2.75, 3.05) is 7.11 Å². The van der Waals surface area contributed by atoms with Gasteiger partial charge in [-0.2, -0.15) is 0 Å². The zero-order chi connectivity index (χ0) is 17.1. The number of carbonyl (C=O) groups is 1. The number of nitrogens with one attached hydrogen (secondary N) is 1. The lowest BCUT2D eigenvalue weighted by atomic mass is 9.96. The predicted octanol–water partition coefficient (Wildman–Crippen LogP) is 2.76. The molecule has 0 saturated heterocycles. The predicted molar refractivity (Wildman–Crippen MR) is 87.8 cm³/mol. The third kappa shape index (κ3) is 2.90. The topological polar surface area (TPSA) is 63.6 Å². The van der Waals surface area contributed by atoms with Gasteiger partial charge in [0.15, 0.2) is 11.7 Å². The van der Waals surface area contributed by atoms with Gasteiger partial charge in [-0.05, 0) is 24.6 Å². The molecule has 5 nitrogen and oxygen atoms in total. The number of aromatic nitrogens is 1. The van der Waals surface area contributed by atoms with Crippen molar-refractivity contribution in [3.8, 4) is 0 Å². The van der Waals surface area contributed by atoms with E-state index in [1.165, 1.54) is 25.4 Å². The quantitative estimate of drug-likeness (QED) is 0.882. The van der Waals surface area contributed by atoms with Crippen LogP contribution in [0.4, 0.5) is 4.39 Å². The minimum atomic E-state index is -0.587. The Morgan fingerprint density at radius 3 is 2.62 bits per heavy atom. The highest BCUT2D eigenvalue weighted by Gasteiger charge is 2.31. The van der Waals surface area contributed by atoms with E-state index >= 15 is 0 Å². The van der Waals surface area contributed by atoms with Gasteiger partial charge in [0.2, 0.25) is 0 Å². The fourth-order valence-corrected chi connectivity index (χ4v) is 2.61. The van der Waals surface area contributed by atoms with Gasteiger partial charge in [0.1, 0.15) is 11.7 Å². The van der Waals surface area contributed by atoms with Gasteiger partial charge in [0.05, 0.1) is 12.7 Å². The largest absolute Gasteiger partial charge is 0.466 e. The molecule has 0 saturated carbocycles. The van der Waals surface area contributed by atoms with E-state index in [0.717, 1.165) is 5.56 Å². The summed E-state index contributed by atoms with van der Waals surface area (Å²) in [4.78, 5) is 20.8. The number of rotatable bonds is 3. The molecule has 0 bridgehead atoms. The first-order chi connectivity index (χ1) is 11.6. The van der Waals surface area contributed by atoms with Crippen molar-refractivity contribution in [1.29, 1.82) is 0 Å². The molecule has 0 radical (unpaired) electrons. The van der Waals surface area contributed by atoms with Gasteiger partial charge in [-0.1, -0.05) is 30.3 Å². The Morgan fingerprint density at radius 2 is 1.96 bits per heavy atom. The number of hydrogen-bond donors (Lipinski definition) is 1. The summed E-state index contributed by atoms with van der Waals surface area (Å²) in [5, 5.41) is 2.96. The van der Waals surface area contributed by atoms with Gasteiger partial charge in [0.25, 0.3) is 0 Å². The lowest BCUT2D eigenvalue weighted by Gasteiger charge is -2.25. The van der Waals surface area contributed by atoms with Crippen LogP contribution in [0.3, 0.4) is 0 Å². The number of esters is 1. The fourth-order valence-electron chi connectivity index (χ4n) is 2.61. The normalized spacial score (nSPS) is 17.1. The minimum absolute atomic E-state index is 0.113. The Kier molecular flexibility index (Phi) is 4.37. The molecule has 24 heavy (non-hydrogen) atoms. The first kappa shape index (κ1) is 15.9. The number of amidine groups is 1. The first-order valence-corrected chi connectivity index (χ1v) is 7.41. The van der Waals surface area contributed by atoms with Gasteiger partial charge < -0.3 is 10.1 Å². The highest BCUT2D eigenvalue weighted by molar-refractivity contribution is 6.02. The molecule has 1 N–H and O–H groups in total. The molecular weight excluding hydrogens is 309 g/mol. The summed E-state index contributed by atoms with van der Waals surface area (Å²) in [7, 11) is 1.32. The molecule has 1 unspecified atom stereocenters. The highest BCUT2D eigenvalue weighted by atomic mass is 19.1. The van der Waals surface area contributed by atoms with E-state index in [2.05, 4.69) is 15.3 Å². The molecule has 1 atom stereocenters. The van der Waals surface area contributed by atoms with Crippen LogP contribution in [0.1, 0.15) is 24.2 Å². The number of hydrogen-bond acceptors (Lipinski definition) is 5. The molecule has 1 aliphatic rings. The van der Waals surface area contributed by atoms with Gasteiger partial charge in [-0.3, -0.25) is 4.99 Å². The lowest BCUT2D eigenvalue weighted by Crippen LogP contribution is -2.33. The van der Waals surface area contributed by atoms with Crippen LogP contribution in [0, 0.1) is 5.82 Å². The number of ether oxygens (including phenoxy) is 1. The van der Waals surface area contributed by atoms with Crippen LogP contribution >= 0.6 is 0 Å². The van der Waals surface area contributed by atoms with E-state index in [0.29, 0.717) is 11.3 Å². The van der Waals surface area contributed by atoms with Crippen LogP contribution in [-0.2, 0) is 9.53 Å². The Labute approximate surface area is 138 Å². The van der Waals surface area contributed by atoms with Crippen molar-refractivity contribution < 1.29 is 13.9 Å². The SMILES string of the molecule is COC(=O)C1=C(C)NC(c2ncccc2F)=NC1c1ccccc1. The van der Waals surface area contributed by atoms with Crippen LogP contribution in [0.5, 0.6) is 0 Å². The molecule has 0 fully saturated rings. The summed E-state index contributed by atoms with van der Waals surface area (Å²) in [5.41, 5.74) is 1.88. The van der Waals surface area contributed by atoms with Gasteiger partial charge in [-0.25, -0.2) is 14.2 Å². The Hall–Kier alpha value is -3.02. The third-order valence-electron chi connectivity index (χ3n) is 3.74. The average molecular weight is 325 g/mol. The minimum Gasteiger partial charge on any atom is -0.466 e. The maximum atomic E-state index is 14.1. The van der Waals surface area contributed by atoms with Crippen molar-refractivity contribution in [1.82, 2.24) is 10.3 Å². The van der Waals surface area contributed by atoms with E-state index in [9.17, 15) is 9.18 Å². The molecule has 1 aromatic heterocycles. The maximum Gasteiger partial charge on any atom is 0.338 e. The van der Waals surface area contributed by atoms with E-state index in [1.54, 1.807) is 6.92 Å². The molecule has 122 valence electrons. The van der Waals surface area contributed by atoms with Gasteiger partial charge in [0, 0.05) is 11.9 Å². The van der Waals surface area contributed by atoms with Crippen LogP contribution in [0.2, 0.25) is 0 Å².